The Labute approximate surface area is 134 Å². The molecule has 3 nitrogen and oxygen atoms in total. The Morgan fingerprint density at radius 3 is 2.71 bits per heavy atom. The van der Waals surface area contributed by atoms with Gasteiger partial charge in [0.1, 0.15) is 5.75 Å². The number of aryl methyl sites for hydroxylation is 1. The fourth-order valence-electron chi connectivity index (χ4n) is 2.41. The van der Waals surface area contributed by atoms with E-state index in [9.17, 15) is 0 Å². The lowest BCUT2D eigenvalue weighted by atomic mass is 9.99. The highest BCUT2D eigenvalue weighted by molar-refractivity contribution is 9.10. The van der Waals surface area contributed by atoms with Crippen LogP contribution in [0.3, 0.4) is 0 Å². The summed E-state index contributed by atoms with van der Waals surface area (Å²) in [6.45, 7) is 5.09. The van der Waals surface area contributed by atoms with Gasteiger partial charge in [-0.3, -0.25) is 4.98 Å². The molecule has 0 aliphatic heterocycles. The smallest absolute Gasteiger partial charge is 0.133 e. The number of aromatic nitrogens is 1. The molecule has 0 bridgehead atoms. The molecule has 0 amide bonds. The van der Waals surface area contributed by atoms with Crippen molar-refractivity contribution in [2.45, 2.75) is 26.3 Å². The fourth-order valence-corrected chi connectivity index (χ4v) is 3.00. The summed E-state index contributed by atoms with van der Waals surface area (Å²) in [6.07, 6.45) is 2.80. The molecule has 2 aromatic rings. The van der Waals surface area contributed by atoms with Gasteiger partial charge in [-0.2, -0.15) is 0 Å². The quantitative estimate of drug-likeness (QED) is 0.854. The second kappa shape index (κ2) is 7.57. The first-order chi connectivity index (χ1) is 10.1. The second-order valence-corrected chi connectivity index (χ2v) is 5.87. The van der Waals surface area contributed by atoms with Crippen molar-refractivity contribution in [3.8, 4) is 5.75 Å². The lowest BCUT2D eigenvalue weighted by Crippen LogP contribution is -2.23. The molecule has 1 aromatic heterocycles. The van der Waals surface area contributed by atoms with Crippen molar-refractivity contribution in [1.29, 1.82) is 0 Å². The zero-order valence-corrected chi connectivity index (χ0v) is 14.3. The van der Waals surface area contributed by atoms with E-state index in [4.69, 9.17) is 4.74 Å². The van der Waals surface area contributed by atoms with Crippen molar-refractivity contribution >= 4 is 15.9 Å². The molecule has 0 fully saturated rings. The van der Waals surface area contributed by atoms with Crippen molar-refractivity contribution in [2.75, 3.05) is 13.7 Å². The molecular formula is C17H21BrN2O. The molecule has 112 valence electrons. The Bertz CT molecular complexity index is 601. The van der Waals surface area contributed by atoms with Gasteiger partial charge in [-0.15, -0.1) is 0 Å². The number of pyridine rings is 1. The number of hydrogen-bond acceptors (Lipinski definition) is 3. The number of rotatable bonds is 6. The van der Waals surface area contributed by atoms with Crippen molar-refractivity contribution in [3.63, 3.8) is 0 Å². The molecule has 21 heavy (non-hydrogen) atoms. The summed E-state index contributed by atoms with van der Waals surface area (Å²) < 4.78 is 6.27. The number of benzene rings is 1. The topological polar surface area (TPSA) is 34.1 Å². The molecule has 0 aliphatic rings. The maximum Gasteiger partial charge on any atom is 0.133 e. The maximum atomic E-state index is 5.28. The molecule has 1 unspecified atom stereocenters. The van der Waals surface area contributed by atoms with Gasteiger partial charge in [-0.1, -0.05) is 13.0 Å². The third-order valence-corrected chi connectivity index (χ3v) is 4.05. The van der Waals surface area contributed by atoms with Gasteiger partial charge in [0.25, 0.3) is 0 Å². The fraction of sp³-hybridized carbons (Fsp3) is 0.353. The van der Waals surface area contributed by atoms with E-state index in [-0.39, 0.29) is 6.04 Å². The summed E-state index contributed by atoms with van der Waals surface area (Å²) in [5, 5.41) is 3.55. The normalized spacial score (nSPS) is 12.2. The maximum absolute atomic E-state index is 5.28. The van der Waals surface area contributed by atoms with Crippen LogP contribution < -0.4 is 10.1 Å². The summed E-state index contributed by atoms with van der Waals surface area (Å²) in [4.78, 5) is 4.27. The summed E-state index contributed by atoms with van der Waals surface area (Å²) in [7, 11) is 1.68. The third-order valence-electron chi connectivity index (χ3n) is 3.43. The van der Waals surface area contributed by atoms with Crippen LogP contribution in [-0.2, 0) is 6.42 Å². The van der Waals surface area contributed by atoms with E-state index >= 15 is 0 Å². The van der Waals surface area contributed by atoms with Crippen LogP contribution in [-0.4, -0.2) is 18.6 Å². The van der Waals surface area contributed by atoms with E-state index in [1.807, 2.05) is 19.2 Å². The minimum absolute atomic E-state index is 0.289. The molecule has 0 spiro atoms. The predicted molar refractivity (Wildman–Crippen MR) is 89.8 cm³/mol. The lowest BCUT2D eigenvalue weighted by molar-refractivity contribution is 0.412. The van der Waals surface area contributed by atoms with Gasteiger partial charge in [0.05, 0.1) is 11.6 Å². The second-order valence-electron chi connectivity index (χ2n) is 5.01. The zero-order valence-electron chi connectivity index (χ0n) is 12.7. The van der Waals surface area contributed by atoms with Gasteiger partial charge in [0, 0.05) is 17.9 Å². The van der Waals surface area contributed by atoms with Crippen molar-refractivity contribution in [1.82, 2.24) is 10.3 Å². The van der Waals surface area contributed by atoms with Gasteiger partial charge < -0.3 is 10.1 Å². The number of nitrogens with zero attached hydrogens (tertiary/aromatic N) is 1. The van der Waals surface area contributed by atoms with Gasteiger partial charge in [-0.25, -0.2) is 0 Å². The average Bonchev–Trinajstić information content (AvgIpc) is 2.47. The average molecular weight is 349 g/mol. The molecule has 4 heteroatoms. The molecule has 0 aliphatic carbocycles. The molecule has 0 radical (unpaired) electrons. The Morgan fingerprint density at radius 2 is 2.10 bits per heavy atom. The van der Waals surface area contributed by atoms with Crippen molar-refractivity contribution in [2.24, 2.45) is 0 Å². The number of hydrogen-bond donors (Lipinski definition) is 1. The van der Waals surface area contributed by atoms with E-state index in [0.717, 1.165) is 28.9 Å². The van der Waals surface area contributed by atoms with E-state index in [1.165, 1.54) is 11.1 Å². The minimum Gasteiger partial charge on any atom is -0.496 e. The molecule has 1 atom stereocenters. The van der Waals surface area contributed by atoms with Crippen LogP contribution in [0.2, 0.25) is 0 Å². The highest BCUT2D eigenvalue weighted by Crippen LogP contribution is 2.28. The highest BCUT2D eigenvalue weighted by Gasteiger charge is 2.12. The van der Waals surface area contributed by atoms with E-state index < -0.39 is 0 Å². The minimum atomic E-state index is 0.289. The molecule has 0 saturated heterocycles. The van der Waals surface area contributed by atoms with Crippen LogP contribution in [0.15, 0.2) is 41.0 Å². The summed E-state index contributed by atoms with van der Waals surface area (Å²) in [5.74, 6) is 0.860. The first-order valence-electron chi connectivity index (χ1n) is 7.12. The van der Waals surface area contributed by atoms with E-state index in [1.54, 1.807) is 7.11 Å². The first kappa shape index (κ1) is 16.0. The Hall–Kier alpha value is -1.39. The summed E-state index contributed by atoms with van der Waals surface area (Å²) in [5.41, 5.74) is 3.59. The number of nitrogens with one attached hydrogen (secondary N) is 1. The first-order valence-corrected chi connectivity index (χ1v) is 7.91. The molecule has 0 saturated carbocycles. The van der Waals surface area contributed by atoms with Crippen LogP contribution in [0.1, 0.15) is 29.8 Å². The molecule has 1 aromatic carbocycles. The molecule has 1 heterocycles. The van der Waals surface area contributed by atoms with Crippen molar-refractivity contribution < 1.29 is 4.74 Å². The van der Waals surface area contributed by atoms with E-state index in [2.05, 4.69) is 57.4 Å². The zero-order chi connectivity index (χ0) is 15.2. The monoisotopic (exact) mass is 348 g/mol. The van der Waals surface area contributed by atoms with Gasteiger partial charge in [0.15, 0.2) is 0 Å². The van der Waals surface area contributed by atoms with Crippen LogP contribution in [0.4, 0.5) is 0 Å². The summed E-state index contributed by atoms with van der Waals surface area (Å²) >= 11 is 3.55. The predicted octanol–water partition coefficient (Wildman–Crippen LogP) is 4.05. The summed E-state index contributed by atoms with van der Waals surface area (Å²) in [6, 6.07) is 10.8. The van der Waals surface area contributed by atoms with Crippen LogP contribution >= 0.6 is 15.9 Å². The Kier molecular flexibility index (Phi) is 5.76. The van der Waals surface area contributed by atoms with Crippen LogP contribution in [0.5, 0.6) is 5.75 Å². The lowest BCUT2D eigenvalue weighted by Gasteiger charge is -2.19. The third kappa shape index (κ3) is 4.29. The molecule has 2 rings (SSSR count). The van der Waals surface area contributed by atoms with Crippen molar-refractivity contribution in [3.05, 3.63) is 57.8 Å². The number of ether oxygens (including phenoxy) is 1. The largest absolute Gasteiger partial charge is 0.496 e. The molecule has 1 N–H and O–H groups in total. The molecular weight excluding hydrogens is 328 g/mol. The Morgan fingerprint density at radius 1 is 1.29 bits per heavy atom. The SMILES string of the molecule is CCNC(Cc1ccc(OC)c(Br)c1)c1ccnc(C)c1. The number of methoxy groups -OCH3 is 1. The number of likely N-dealkylation sites (N-methyl/N-ethyl adjacent to an activating group) is 1. The van der Waals surface area contributed by atoms with E-state index in [0.29, 0.717) is 0 Å². The van der Waals surface area contributed by atoms with Gasteiger partial charge in [-0.05, 0) is 71.2 Å². The van der Waals surface area contributed by atoms with Crippen LogP contribution in [0.25, 0.3) is 0 Å². The van der Waals surface area contributed by atoms with Gasteiger partial charge in [0.2, 0.25) is 0 Å². The van der Waals surface area contributed by atoms with Gasteiger partial charge >= 0.3 is 0 Å². The standard InChI is InChI=1S/C17H21BrN2O/c1-4-19-16(14-7-8-20-12(2)9-14)11-13-5-6-17(21-3)15(18)10-13/h5-10,16,19H,4,11H2,1-3H3. The highest BCUT2D eigenvalue weighted by atomic mass is 79.9. The Balaban J connectivity index is 2.22. The van der Waals surface area contributed by atoms with Crippen LogP contribution in [0, 0.1) is 6.92 Å². The number of halogens is 1.